The van der Waals surface area contributed by atoms with E-state index < -0.39 is 13.0 Å². The topological polar surface area (TPSA) is 82.7 Å². The molecule has 8 heteroatoms. The van der Waals surface area contributed by atoms with Crippen LogP contribution in [0.4, 0.5) is 14.6 Å². The normalized spacial score (nSPS) is 16.8. The summed E-state index contributed by atoms with van der Waals surface area (Å²) in [5, 5.41) is 5.68. The minimum absolute atomic E-state index is 0.0635. The van der Waals surface area contributed by atoms with E-state index in [-0.39, 0.29) is 11.4 Å². The zero-order chi connectivity index (χ0) is 18.8. The SMILES string of the molecule is Cc1nc2cccc(-c3cc4c([nH]3)C3(CC3)NC4=O)c2nc1NCC(F)F. The highest BCUT2D eigenvalue weighted by Gasteiger charge is 2.53. The average molecular weight is 369 g/mol. The second-order valence-corrected chi connectivity index (χ2v) is 7.11. The van der Waals surface area contributed by atoms with Gasteiger partial charge >= 0.3 is 0 Å². The Labute approximate surface area is 153 Å². The number of aromatic nitrogens is 3. The van der Waals surface area contributed by atoms with E-state index in [1.807, 2.05) is 24.3 Å². The van der Waals surface area contributed by atoms with Gasteiger partial charge in [-0.3, -0.25) is 4.79 Å². The van der Waals surface area contributed by atoms with Gasteiger partial charge in [0.1, 0.15) is 11.3 Å². The molecular weight excluding hydrogens is 352 g/mol. The molecule has 0 radical (unpaired) electrons. The quantitative estimate of drug-likeness (QED) is 0.659. The van der Waals surface area contributed by atoms with Gasteiger partial charge in [0.05, 0.1) is 34.6 Å². The molecule has 0 unspecified atom stereocenters. The summed E-state index contributed by atoms with van der Waals surface area (Å²) in [5.74, 6) is 0.275. The fourth-order valence-corrected chi connectivity index (χ4v) is 3.73. The number of hydrogen-bond acceptors (Lipinski definition) is 4. The van der Waals surface area contributed by atoms with E-state index in [2.05, 4.69) is 25.6 Å². The third-order valence-corrected chi connectivity index (χ3v) is 5.23. The zero-order valence-corrected chi connectivity index (χ0v) is 14.6. The lowest BCUT2D eigenvalue weighted by Crippen LogP contribution is -2.26. The maximum atomic E-state index is 12.6. The number of alkyl halides is 2. The van der Waals surface area contributed by atoms with Crippen molar-refractivity contribution in [2.45, 2.75) is 31.7 Å². The minimum Gasteiger partial charge on any atom is -0.363 e. The van der Waals surface area contributed by atoms with E-state index in [1.165, 1.54) is 0 Å². The van der Waals surface area contributed by atoms with Crippen molar-refractivity contribution in [2.24, 2.45) is 0 Å². The van der Waals surface area contributed by atoms with E-state index in [0.29, 0.717) is 28.1 Å². The third-order valence-electron chi connectivity index (χ3n) is 5.23. The van der Waals surface area contributed by atoms with Gasteiger partial charge in [-0.1, -0.05) is 12.1 Å². The summed E-state index contributed by atoms with van der Waals surface area (Å²) in [6.07, 6.45) is -0.610. The lowest BCUT2D eigenvalue weighted by atomic mass is 10.1. The number of carbonyl (C=O) groups is 1. The summed E-state index contributed by atoms with van der Waals surface area (Å²) in [5.41, 5.74) is 4.76. The third kappa shape index (κ3) is 2.47. The number of H-pyrrole nitrogens is 1. The Bertz CT molecular complexity index is 1090. The van der Waals surface area contributed by atoms with Crippen molar-refractivity contribution in [2.75, 3.05) is 11.9 Å². The number of carbonyl (C=O) groups excluding carboxylic acids is 1. The molecule has 1 fully saturated rings. The minimum atomic E-state index is -2.48. The smallest absolute Gasteiger partial charge is 0.255 e. The van der Waals surface area contributed by atoms with Crippen LogP contribution in [0, 0.1) is 6.92 Å². The number of aromatic amines is 1. The van der Waals surface area contributed by atoms with Gasteiger partial charge in [0, 0.05) is 11.3 Å². The first kappa shape index (κ1) is 16.2. The molecule has 1 spiro atoms. The number of halogens is 2. The molecule has 2 aromatic heterocycles. The van der Waals surface area contributed by atoms with Gasteiger partial charge in [-0.15, -0.1) is 0 Å². The first-order valence-electron chi connectivity index (χ1n) is 8.83. The molecule has 3 aromatic rings. The van der Waals surface area contributed by atoms with Gasteiger partial charge in [-0.05, 0) is 31.9 Å². The lowest BCUT2D eigenvalue weighted by Gasteiger charge is -2.11. The van der Waals surface area contributed by atoms with Crippen molar-refractivity contribution in [1.82, 2.24) is 20.3 Å². The van der Waals surface area contributed by atoms with Crippen LogP contribution >= 0.6 is 0 Å². The standard InChI is InChI=1S/C19H17F2N5O/c1-9-17(22-8-14(20)21)25-15-10(3-2-4-12(15)23-9)13-7-11-16(24-13)19(5-6-19)26-18(11)27/h2-4,7,14,24H,5-6,8H2,1H3,(H,22,25)(H,26,27). The van der Waals surface area contributed by atoms with Crippen molar-refractivity contribution >= 4 is 22.8 Å². The summed E-state index contributed by atoms with van der Waals surface area (Å²) in [7, 11) is 0. The molecule has 1 saturated carbocycles. The number of amides is 1. The van der Waals surface area contributed by atoms with Crippen LogP contribution in [0.5, 0.6) is 0 Å². The number of hydrogen-bond donors (Lipinski definition) is 3. The summed E-state index contributed by atoms with van der Waals surface area (Å²) < 4.78 is 25.1. The van der Waals surface area contributed by atoms with Crippen LogP contribution in [0.2, 0.25) is 0 Å². The Morgan fingerprint density at radius 1 is 1.26 bits per heavy atom. The zero-order valence-electron chi connectivity index (χ0n) is 14.6. The second-order valence-electron chi connectivity index (χ2n) is 7.11. The molecule has 0 atom stereocenters. The molecule has 1 aliphatic carbocycles. The molecular formula is C19H17F2N5O. The largest absolute Gasteiger partial charge is 0.363 e. The van der Waals surface area contributed by atoms with Crippen LogP contribution in [0.25, 0.3) is 22.3 Å². The van der Waals surface area contributed by atoms with Crippen molar-refractivity contribution in [3.05, 3.63) is 41.2 Å². The first-order valence-corrected chi connectivity index (χ1v) is 8.83. The van der Waals surface area contributed by atoms with E-state index in [9.17, 15) is 13.6 Å². The summed E-state index contributed by atoms with van der Waals surface area (Å²) in [4.78, 5) is 24.7. The molecule has 27 heavy (non-hydrogen) atoms. The number of nitrogens with one attached hydrogen (secondary N) is 3. The Morgan fingerprint density at radius 2 is 2.07 bits per heavy atom. The predicted octanol–water partition coefficient (Wildman–Crippen LogP) is 3.34. The van der Waals surface area contributed by atoms with Gasteiger partial charge in [0.2, 0.25) is 0 Å². The van der Waals surface area contributed by atoms with Crippen molar-refractivity contribution in [3.8, 4) is 11.3 Å². The van der Waals surface area contributed by atoms with Crippen LogP contribution in [0.1, 0.15) is 34.6 Å². The van der Waals surface area contributed by atoms with Crippen molar-refractivity contribution in [1.29, 1.82) is 0 Å². The fraction of sp³-hybridized carbons (Fsp3) is 0.316. The van der Waals surface area contributed by atoms with Gasteiger partial charge in [0.15, 0.2) is 0 Å². The summed E-state index contributed by atoms with van der Waals surface area (Å²) >= 11 is 0. The number of anilines is 1. The molecule has 6 nitrogen and oxygen atoms in total. The monoisotopic (exact) mass is 369 g/mol. The van der Waals surface area contributed by atoms with Crippen molar-refractivity contribution in [3.63, 3.8) is 0 Å². The second kappa shape index (κ2) is 5.48. The van der Waals surface area contributed by atoms with E-state index in [4.69, 9.17) is 0 Å². The molecule has 1 aromatic carbocycles. The summed E-state index contributed by atoms with van der Waals surface area (Å²) in [6, 6.07) is 7.43. The van der Waals surface area contributed by atoms with E-state index in [1.54, 1.807) is 6.92 Å². The maximum absolute atomic E-state index is 12.6. The highest BCUT2D eigenvalue weighted by Crippen LogP contribution is 2.50. The molecule has 3 N–H and O–H groups in total. The molecule has 138 valence electrons. The average Bonchev–Trinajstić information content (AvgIpc) is 3.18. The Morgan fingerprint density at radius 3 is 2.81 bits per heavy atom. The lowest BCUT2D eigenvalue weighted by molar-refractivity contribution is 0.0952. The number of aryl methyl sites for hydroxylation is 1. The van der Waals surface area contributed by atoms with Crippen LogP contribution in [-0.2, 0) is 5.54 Å². The molecule has 2 aliphatic rings. The fourth-order valence-electron chi connectivity index (χ4n) is 3.73. The molecule has 1 amide bonds. The Kier molecular flexibility index (Phi) is 3.28. The first-order chi connectivity index (χ1) is 13.0. The maximum Gasteiger partial charge on any atom is 0.255 e. The van der Waals surface area contributed by atoms with E-state index >= 15 is 0 Å². The molecule has 5 rings (SSSR count). The van der Waals surface area contributed by atoms with Crippen LogP contribution in [0.3, 0.4) is 0 Å². The number of rotatable bonds is 4. The molecule has 1 aliphatic heterocycles. The number of para-hydroxylation sites is 1. The van der Waals surface area contributed by atoms with Gasteiger partial charge in [0.25, 0.3) is 12.3 Å². The predicted molar refractivity (Wildman–Crippen MR) is 96.9 cm³/mol. The number of fused-ring (bicyclic) bond motifs is 3. The molecule has 3 heterocycles. The van der Waals surface area contributed by atoms with E-state index in [0.717, 1.165) is 29.8 Å². The highest BCUT2D eigenvalue weighted by molar-refractivity contribution is 6.02. The van der Waals surface area contributed by atoms with Gasteiger partial charge in [-0.25, -0.2) is 18.7 Å². The van der Waals surface area contributed by atoms with Crippen LogP contribution in [0.15, 0.2) is 24.3 Å². The Balaban J connectivity index is 1.62. The molecule has 0 bridgehead atoms. The van der Waals surface area contributed by atoms with Gasteiger partial charge in [-0.2, -0.15) is 0 Å². The van der Waals surface area contributed by atoms with Crippen LogP contribution < -0.4 is 10.6 Å². The van der Waals surface area contributed by atoms with Gasteiger partial charge < -0.3 is 15.6 Å². The number of benzene rings is 1. The molecule has 0 saturated heterocycles. The van der Waals surface area contributed by atoms with Crippen LogP contribution in [-0.4, -0.2) is 33.8 Å². The summed E-state index contributed by atoms with van der Waals surface area (Å²) in [6.45, 7) is 1.25. The number of nitrogens with zero attached hydrogens (tertiary/aromatic N) is 2. The highest BCUT2D eigenvalue weighted by atomic mass is 19.3. The van der Waals surface area contributed by atoms with Crippen molar-refractivity contribution < 1.29 is 13.6 Å². The Hall–Kier alpha value is -3.03.